The van der Waals surface area contributed by atoms with Crippen LogP contribution in [0.5, 0.6) is 0 Å². The number of hydrogen-bond acceptors (Lipinski definition) is 3. The minimum absolute atomic E-state index is 0.0423. The Kier molecular flexibility index (Phi) is 5.02. The smallest absolute Gasteiger partial charge is 0.252 e. The lowest BCUT2D eigenvalue weighted by molar-refractivity contribution is -0.0564. The molecule has 4 saturated carbocycles. The lowest BCUT2D eigenvalue weighted by Gasteiger charge is -2.57. The summed E-state index contributed by atoms with van der Waals surface area (Å²) < 4.78 is 26.2. The van der Waals surface area contributed by atoms with E-state index >= 15 is 0 Å². The number of carbonyl (C=O) groups is 1. The predicted octanol–water partition coefficient (Wildman–Crippen LogP) is 3.58. The van der Waals surface area contributed by atoms with Gasteiger partial charge in [0, 0.05) is 6.54 Å². The van der Waals surface area contributed by atoms with Crippen LogP contribution < -0.4 is 10.0 Å². The van der Waals surface area contributed by atoms with Gasteiger partial charge in [-0.05, 0) is 93.4 Å². The Bertz CT molecular complexity index is 817. The lowest BCUT2D eigenvalue weighted by atomic mass is 9.49. The summed E-state index contributed by atoms with van der Waals surface area (Å²) in [7, 11) is -2.27. The zero-order valence-corrected chi connectivity index (χ0v) is 17.2. The van der Waals surface area contributed by atoms with Gasteiger partial charge < -0.3 is 5.32 Å². The predicted molar refractivity (Wildman–Crippen MR) is 105 cm³/mol. The van der Waals surface area contributed by atoms with E-state index in [4.69, 9.17) is 11.6 Å². The van der Waals surface area contributed by atoms with Crippen molar-refractivity contribution in [2.24, 2.45) is 23.2 Å². The van der Waals surface area contributed by atoms with Gasteiger partial charge in [-0.1, -0.05) is 11.6 Å². The highest BCUT2D eigenvalue weighted by Gasteiger charge is 2.50. The number of rotatable bonds is 6. The molecule has 7 heteroatoms. The van der Waals surface area contributed by atoms with E-state index in [9.17, 15) is 13.2 Å². The monoisotopic (exact) mass is 410 g/mol. The van der Waals surface area contributed by atoms with E-state index in [1.54, 1.807) is 0 Å². The fraction of sp³-hybridized carbons (Fsp3) is 0.650. The molecule has 0 heterocycles. The summed E-state index contributed by atoms with van der Waals surface area (Å²) in [5.74, 6) is 2.37. The number of hydrogen-bond donors (Lipinski definition) is 2. The van der Waals surface area contributed by atoms with Crippen molar-refractivity contribution >= 4 is 27.5 Å². The molecule has 5 nitrogen and oxygen atoms in total. The van der Waals surface area contributed by atoms with Gasteiger partial charge in [0.15, 0.2) is 0 Å². The topological polar surface area (TPSA) is 75.3 Å². The van der Waals surface area contributed by atoms with Gasteiger partial charge in [-0.25, -0.2) is 13.1 Å². The van der Waals surface area contributed by atoms with Crippen molar-refractivity contribution in [2.45, 2.75) is 49.8 Å². The highest BCUT2D eigenvalue weighted by atomic mass is 35.5. The second-order valence-electron chi connectivity index (χ2n) is 8.77. The second-order valence-corrected chi connectivity index (χ2v) is 11.1. The standard InChI is InChI=1S/C20H27ClN2O3S/c1-22-27(25,26)16-2-3-18(21)17(9-16)19(24)23-5-4-20-10-13-6-14(11-20)8-15(7-13)12-20/h2-3,9,13-15,22H,4-8,10-12H2,1H3,(H,23,24). The van der Waals surface area contributed by atoms with E-state index < -0.39 is 10.0 Å². The Labute approximate surface area is 166 Å². The van der Waals surface area contributed by atoms with Gasteiger partial charge in [-0.2, -0.15) is 0 Å². The van der Waals surface area contributed by atoms with E-state index in [-0.39, 0.29) is 21.4 Å². The summed E-state index contributed by atoms with van der Waals surface area (Å²) in [5.41, 5.74) is 0.613. The van der Waals surface area contributed by atoms with Crippen LogP contribution in [0.15, 0.2) is 23.1 Å². The SMILES string of the molecule is CNS(=O)(=O)c1ccc(Cl)c(C(=O)NCCC23CC4CC(CC(C4)C2)C3)c1. The maximum atomic E-state index is 12.6. The molecule has 0 saturated heterocycles. The number of benzene rings is 1. The van der Waals surface area contributed by atoms with Gasteiger partial charge in [0.1, 0.15) is 0 Å². The molecule has 4 bridgehead atoms. The molecule has 0 aliphatic heterocycles. The van der Waals surface area contributed by atoms with Crippen LogP contribution in [0.25, 0.3) is 0 Å². The molecule has 0 atom stereocenters. The third-order valence-electron chi connectivity index (χ3n) is 6.87. The van der Waals surface area contributed by atoms with E-state index in [1.807, 2.05) is 0 Å². The Morgan fingerprint density at radius 2 is 1.74 bits per heavy atom. The van der Waals surface area contributed by atoms with Crippen molar-refractivity contribution in [3.8, 4) is 0 Å². The summed E-state index contributed by atoms with van der Waals surface area (Å²) in [6.07, 6.45) is 9.17. The van der Waals surface area contributed by atoms with Crippen LogP contribution >= 0.6 is 11.6 Å². The Balaban J connectivity index is 1.41. The first-order valence-electron chi connectivity index (χ1n) is 9.81. The molecule has 0 unspecified atom stereocenters. The summed E-state index contributed by atoms with van der Waals surface area (Å²) >= 11 is 6.14. The molecular formula is C20H27ClN2O3S. The fourth-order valence-electron chi connectivity index (χ4n) is 6.10. The van der Waals surface area contributed by atoms with Crippen LogP contribution in [0, 0.1) is 23.2 Å². The molecular weight excluding hydrogens is 384 g/mol. The lowest BCUT2D eigenvalue weighted by Crippen LogP contribution is -2.47. The zero-order chi connectivity index (χ0) is 19.2. The van der Waals surface area contributed by atoms with Crippen molar-refractivity contribution < 1.29 is 13.2 Å². The molecule has 4 aliphatic rings. The average molecular weight is 411 g/mol. The molecule has 4 fully saturated rings. The van der Waals surface area contributed by atoms with Crippen molar-refractivity contribution in [1.82, 2.24) is 10.0 Å². The number of sulfonamides is 1. The van der Waals surface area contributed by atoms with Crippen molar-refractivity contribution in [3.63, 3.8) is 0 Å². The molecule has 1 aromatic rings. The minimum Gasteiger partial charge on any atom is -0.352 e. The van der Waals surface area contributed by atoms with Crippen molar-refractivity contribution in [1.29, 1.82) is 0 Å². The van der Waals surface area contributed by atoms with E-state index in [0.29, 0.717) is 12.0 Å². The Morgan fingerprint density at radius 3 is 2.30 bits per heavy atom. The van der Waals surface area contributed by atoms with E-state index in [2.05, 4.69) is 10.0 Å². The van der Waals surface area contributed by atoms with Gasteiger partial charge in [-0.15, -0.1) is 0 Å². The van der Waals surface area contributed by atoms with Crippen molar-refractivity contribution in [3.05, 3.63) is 28.8 Å². The molecule has 5 rings (SSSR count). The molecule has 27 heavy (non-hydrogen) atoms. The van der Waals surface area contributed by atoms with Crippen LogP contribution in [0.4, 0.5) is 0 Å². The first-order chi connectivity index (χ1) is 12.8. The van der Waals surface area contributed by atoms with Gasteiger partial charge in [0.05, 0.1) is 15.5 Å². The van der Waals surface area contributed by atoms with Gasteiger partial charge in [-0.3, -0.25) is 4.79 Å². The Hall–Kier alpha value is -1.11. The second kappa shape index (κ2) is 7.05. The summed E-state index contributed by atoms with van der Waals surface area (Å²) in [6, 6.07) is 4.20. The molecule has 1 aromatic carbocycles. The van der Waals surface area contributed by atoms with E-state index in [0.717, 1.165) is 24.2 Å². The third-order valence-corrected chi connectivity index (χ3v) is 8.61. The third kappa shape index (κ3) is 3.76. The molecule has 148 valence electrons. The Morgan fingerprint density at radius 1 is 1.15 bits per heavy atom. The highest BCUT2D eigenvalue weighted by Crippen LogP contribution is 2.61. The molecule has 0 radical (unpaired) electrons. The highest BCUT2D eigenvalue weighted by molar-refractivity contribution is 7.89. The van der Waals surface area contributed by atoms with Crippen LogP contribution in [-0.4, -0.2) is 27.9 Å². The van der Waals surface area contributed by atoms with Gasteiger partial charge in [0.25, 0.3) is 5.91 Å². The van der Waals surface area contributed by atoms with Crippen LogP contribution in [-0.2, 0) is 10.0 Å². The van der Waals surface area contributed by atoms with Crippen LogP contribution in [0.1, 0.15) is 55.3 Å². The quantitative estimate of drug-likeness (QED) is 0.752. The fourth-order valence-corrected chi connectivity index (χ4v) is 7.06. The largest absolute Gasteiger partial charge is 0.352 e. The summed E-state index contributed by atoms with van der Waals surface area (Å²) in [4.78, 5) is 12.7. The van der Waals surface area contributed by atoms with Crippen LogP contribution in [0.3, 0.4) is 0 Å². The zero-order valence-electron chi connectivity index (χ0n) is 15.6. The van der Waals surface area contributed by atoms with Gasteiger partial charge in [0.2, 0.25) is 10.0 Å². The van der Waals surface area contributed by atoms with E-state index in [1.165, 1.54) is 63.8 Å². The molecule has 1 amide bonds. The first kappa shape index (κ1) is 19.2. The summed E-state index contributed by atoms with van der Waals surface area (Å²) in [6.45, 7) is 0.615. The average Bonchev–Trinajstić information content (AvgIpc) is 2.60. The summed E-state index contributed by atoms with van der Waals surface area (Å²) in [5, 5.41) is 3.23. The maximum Gasteiger partial charge on any atom is 0.252 e. The number of carbonyl (C=O) groups excluding carboxylic acids is 1. The molecule has 0 spiro atoms. The number of nitrogens with one attached hydrogen (secondary N) is 2. The molecule has 4 aliphatic carbocycles. The molecule has 2 N–H and O–H groups in total. The minimum atomic E-state index is -3.61. The maximum absolute atomic E-state index is 12.6. The van der Waals surface area contributed by atoms with Gasteiger partial charge >= 0.3 is 0 Å². The van der Waals surface area contributed by atoms with Crippen LogP contribution in [0.2, 0.25) is 5.02 Å². The normalized spacial score (nSPS) is 31.9. The molecule has 0 aromatic heterocycles. The number of amides is 1. The van der Waals surface area contributed by atoms with Crippen molar-refractivity contribution in [2.75, 3.05) is 13.6 Å². The number of halogens is 1. The first-order valence-corrected chi connectivity index (χ1v) is 11.7.